The second-order valence-corrected chi connectivity index (χ2v) is 5.19. The highest BCUT2D eigenvalue weighted by atomic mass is 16.2. The first-order valence-corrected chi connectivity index (χ1v) is 6.72. The fourth-order valence-electron chi connectivity index (χ4n) is 2.61. The third kappa shape index (κ3) is 2.90. The van der Waals surface area contributed by atoms with E-state index in [0.29, 0.717) is 6.54 Å². The van der Waals surface area contributed by atoms with E-state index in [1.165, 1.54) is 11.1 Å². The van der Waals surface area contributed by atoms with E-state index in [2.05, 4.69) is 23.4 Å². The van der Waals surface area contributed by atoms with E-state index in [-0.39, 0.29) is 18.1 Å². The van der Waals surface area contributed by atoms with Crippen LogP contribution in [-0.4, -0.2) is 23.5 Å². The predicted molar refractivity (Wildman–Crippen MR) is 76.7 cm³/mol. The molecule has 0 aliphatic heterocycles. The van der Waals surface area contributed by atoms with Gasteiger partial charge in [-0.3, -0.25) is 0 Å². The number of benzene rings is 1. The van der Waals surface area contributed by atoms with Crippen molar-refractivity contribution in [3.8, 4) is 12.3 Å². The highest BCUT2D eigenvalue weighted by Gasteiger charge is 2.30. The molecule has 0 heterocycles. The number of nitrogens with zero attached hydrogens (tertiary/aromatic N) is 1. The molecule has 3 heteroatoms. The number of amides is 2. The highest BCUT2D eigenvalue weighted by Crippen LogP contribution is 2.35. The first kappa shape index (κ1) is 13.5. The third-order valence-corrected chi connectivity index (χ3v) is 3.41. The maximum absolute atomic E-state index is 12.3. The summed E-state index contributed by atoms with van der Waals surface area (Å²) in [7, 11) is 0. The molecule has 1 N–H and O–H groups in total. The van der Waals surface area contributed by atoms with Crippen LogP contribution in [0.25, 0.3) is 0 Å². The number of hydrogen-bond donors (Lipinski definition) is 1. The maximum atomic E-state index is 12.3. The molecule has 19 heavy (non-hydrogen) atoms. The fourth-order valence-corrected chi connectivity index (χ4v) is 2.61. The average molecular weight is 256 g/mol. The molecule has 2 amide bonds. The number of nitrogens with one attached hydrogen (secondary N) is 1. The summed E-state index contributed by atoms with van der Waals surface area (Å²) in [6, 6.07) is 8.43. The molecule has 1 aromatic carbocycles. The van der Waals surface area contributed by atoms with Crippen molar-refractivity contribution in [2.24, 2.45) is 0 Å². The number of hydrogen-bond acceptors (Lipinski definition) is 1. The Hall–Kier alpha value is -1.95. The quantitative estimate of drug-likeness (QED) is 0.829. The van der Waals surface area contributed by atoms with Crippen LogP contribution in [0.2, 0.25) is 0 Å². The summed E-state index contributed by atoms with van der Waals surface area (Å²) in [4.78, 5) is 14.0. The monoisotopic (exact) mass is 256 g/mol. The molecule has 0 aromatic heterocycles. The van der Waals surface area contributed by atoms with Crippen LogP contribution in [0.4, 0.5) is 4.79 Å². The Bertz CT molecular complexity index is 502. The summed E-state index contributed by atoms with van der Waals surface area (Å²) in [5.74, 6) is 2.59. The zero-order chi connectivity index (χ0) is 13.8. The molecule has 0 saturated carbocycles. The van der Waals surface area contributed by atoms with Gasteiger partial charge in [-0.2, -0.15) is 0 Å². The van der Waals surface area contributed by atoms with Gasteiger partial charge in [-0.1, -0.05) is 30.2 Å². The summed E-state index contributed by atoms with van der Waals surface area (Å²) in [6.07, 6.45) is 7.38. The van der Waals surface area contributed by atoms with E-state index < -0.39 is 0 Å². The summed E-state index contributed by atoms with van der Waals surface area (Å²) in [5, 5.41) is 2.93. The fraction of sp³-hybridized carbons (Fsp3) is 0.438. The Balaban J connectivity index is 2.22. The molecule has 1 unspecified atom stereocenters. The minimum atomic E-state index is -0.0744. The molecule has 0 radical (unpaired) electrons. The maximum Gasteiger partial charge on any atom is 0.318 e. The van der Waals surface area contributed by atoms with Crippen LogP contribution in [0.1, 0.15) is 37.4 Å². The van der Waals surface area contributed by atoms with Gasteiger partial charge in [0, 0.05) is 6.04 Å². The van der Waals surface area contributed by atoms with Crippen molar-refractivity contribution in [1.29, 1.82) is 0 Å². The van der Waals surface area contributed by atoms with Crippen molar-refractivity contribution < 1.29 is 4.79 Å². The first-order valence-electron chi connectivity index (χ1n) is 6.72. The van der Waals surface area contributed by atoms with E-state index in [1.54, 1.807) is 4.90 Å². The number of urea groups is 1. The van der Waals surface area contributed by atoms with Gasteiger partial charge >= 0.3 is 6.03 Å². The predicted octanol–water partition coefficient (Wildman–Crippen LogP) is 2.73. The van der Waals surface area contributed by atoms with Crippen molar-refractivity contribution >= 4 is 6.03 Å². The van der Waals surface area contributed by atoms with Crippen LogP contribution < -0.4 is 5.32 Å². The normalized spacial score (nSPS) is 16.8. The topological polar surface area (TPSA) is 32.3 Å². The van der Waals surface area contributed by atoms with Crippen LogP contribution in [0.15, 0.2) is 24.3 Å². The van der Waals surface area contributed by atoms with Gasteiger partial charge in [-0.25, -0.2) is 4.79 Å². The van der Waals surface area contributed by atoms with Gasteiger partial charge in [-0.15, -0.1) is 6.42 Å². The van der Waals surface area contributed by atoms with Gasteiger partial charge in [0.05, 0.1) is 12.6 Å². The first-order chi connectivity index (χ1) is 9.13. The van der Waals surface area contributed by atoms with Crippen molar-refractivity contribution in [3.05, 3.63) is 35.4 Å². The number of fused-ring (bicyclic) bond motifs is 1. The van der Waals surface area contributed by atoms with E-state index in [1.807, 2.05) is 26.0 Å². The van der Waals surface area contributed by atoms with Crippen molar-refractivity contribution in [2.45, 2.75) is 38.8 Å². The third-order valence-electron chi connectivity index (χ3n) is 3.41. The molecule has 100 valence electrons. The molecular formula is C16H20N2O. The largest absolute Gasteiger partial charge is 0.336 e. The lowest BCUT2D eigenvalue weighted by molar-refractivity contribution is 0.180. The molecule has 1 atom stereocenters. The summed E-state index contributed by atoms with van der Waals surface area (Å²) < 4.78 is 0. The highest BCUT2D eigenvalue weighted by molar-refractivity contribution is 5.75. The molecule has 0 bridgehead atoms. The molecule has 0 fully saturated rings. The summed E-state index contributed by atoms with van der Waals surface area (Å²) in [6.45, 7) is 4.25. The Kier molecular flexibility index (Phi) is 4.11. The van der Waals surface area contributed by atoms with E-state index in [9.17, 15) is 4.79 Å². The zero-order valence-corrected chi connectivity index (χ0v) is 11.5. The van der Waals surface area contributed by atoms with Crippen LogP contribution in [0.5, 0.6) is 0 Å². The van der Waals surface area contributed by atoms with E-state index >= 15 is 0 Å². The van der Waals surface area contributed by atoms with Crippen molar-refractivity contribution in [1.82, 2.24) is 10.2 Å². The van der Waals surface area contributed by atoms with Gasteiger partial charge in [0.15, 0.2) is 0 Å². The van der Waals surface area contributed by atoms with Crippen LogP contribution in [0, 0.1) is 12.3 Å². The standard InChI is InChI=1S/C16H20N2O/c1-4-11-18(16(19)17-12(2)3)15-10-9-13-7-5-6-8-14(13)15/h1,5-8,12,15H,9-11H2,2-3H3,(H,17,19). The minimum Gasteiger partial charge on any atom is -0.336 e. The molecule has 2 rings (SSSR count). The minimum absolute atomic E-state index is 0.0744. The SMILES string of the molecule is C#CCN(C(=O)NC(C)C)C1CCc2ccccc21. The molecule has 0 saturated heterocycles. The number of aryl methyl sites for hydroxylation is 1. The van der Waals surface area contributed by atoms with Crippen molar-refractivity contribution in [2.75, 3.05) is 6.54 Å². The van der Waals surface area contributed by atoms with E-state index in [0.717, 1.165) is 12.8 Å². The lowest BCUT2D eigenvalue weighted by Crippen LogP contribution is -2.44. The molecule has 1 aliphatic carbocycles. The number of carbonyl (C=O) groups excluding carboxylic acids is 1. The van der Waals surface area contributed by atoms with Crippen LogP contribution in [-0.2, 0) is 6.42 Å². The molecule has 1 aromatic rings. The number of terminal acetylenes is 1. The number of rotatable bonds is 3. The Morgan fingerprint density at radius 1 is 1.53 bits per heavy atom. The Morgan fingerprint density at radius 2 is 2.26 bits per heavy atom. The molecule has 1 aliphatic rings. The van der Waals surface area contributed by atoms with Gasteiger partial charge in [0.25, 0.3) is 0 Å². The Morgan fingerprint density at radius 3 is 2.95 bits per heavy atom. The van der Waals surface area contributed by atoms with Crippen LogP contribution in [0.3, 0.4) is 0 Å². The second kappa shape index (κ2) is 5.79. The molecule has 3 nitrogen and oxygen atoms in total. The molecule has 0 spiro atoms. The Labute approximate surface area is 115 Å². The smallest absolute Gasteiger partial charge is 0.318 e. The second-order valence-electron chi connectivity index (χ2n) is 5.19. The van der Waals surface area contributed by atoms with Crippen LogP contribution >= 0.6 is 0 Å². The lowest BCUT2D eigenvalue weighted by Gasteiger charge is -2.29. The summed E-state index contributed by atoms with van der Waals surface area (Å²) in [5.41, 5.74) is 2.56. The lowest BCUT2D eigenvalue weighted by atomic mass is 10.1. The molecular weight excluding hydrogens is 236 g/mol. The van der Waals surface area contributed by atoms with Gasteiger partial charge in [-0.05, 0) is 37.8 Å². The van der Waals surface area contributed by atoms with Gasteiger partial charge < -0.3 is 10.2 Å². The number of carbonyl (C=O) groups is 1. The van der Waals surface area contributed by atoms with Crippen molar-refractivity contribution in [3.63, 3.8) is 0 Å². The van der Waals surface area contributed by atoms with Gasteiger partial charge in [0.2, 0.25) is 0 Å². The summed E-state index contributed by atoms with van der Waals surface area (Å²) >= 11 is 0. The van der Waals surface area contributed by atoms with Gasteiger partial charge in [0.1, 0.15) is 0 Å². The average Bonchev–Trinajstić information content (AvgIpc) is 2.78. The zero-order valence-electron chi connectivity index (χ0n) is 11.5. The van der Waals surface area contributed by atoms with E-state index in [4.69, 9.17) is 6.42 Å².